The van der Waals surface area contributed by atoms with Crippen molar-refractivity contribution in [3.63, 3.8) is 0 Å². The van der Waals surface area contributed by atoms with Crippen LogP contribution >= 0.6 is 11.3 Å². The standard InChI is InChI=1S/C24H24N4OS/c1-17-20(15-25-23-21(16-26-28(17)23)22-8-5-13-30-22)24(29)27-11-9-19(10-12-27)14-18-6-3-2-4-7-18/h2-8,13,15-16,19H,9-12,14H2,1H3. The van der Waals surface area contributed by atoms with E-state index in [9.17, 15) is 4.79 Å². The molecule has 1 saturated heterocycles. The Morgan fingerprint density at radius 2 is 1.90 bits per heavy atom. The SMILES string of the molecule is Cc1c(C(=O)N2CCC(Cc3ccccc3)CC2)cnc2c(-c3cccs3)cnn12. The number of rotatable bonds is 4. The van der Waals surface area contributed by atoms with Gasteiger partial charge in [0.15, 0.2) is 5.65 Å². The lowest BCUT2D eigenvalue weighted by Gasteiger charge is -2.32. The molecule has 30 heavy (non-hydrogen) atoms. The molecule has 1 aliphatic heterocycles. The summed E-state index contributed by atoms with van der Waals surface area (Å²) in [6.07, 6.45) is 6.74. The van der Waals surface area contributed by atoms with E-state index in [0.29, 0.717) is 11.5 Å². The van der Waals surface area contributed by atoms with Crippen LogP contribution in [0.5, 0.6) is 0 Å². The Kier molecular flexibility index (Phi) is 5.09. The highest BCUT2D eigenvalue weighted by molar-refractivity contribution is 7.13. The van der Waals surface area contributed by atoms with Gasteiger partial charge >= 0.3 is 0 Å². The molecule has 1 fully saturated rings. The molecule has 1 amide bonds. The molecule has 0 atom stereocenters. The smallest absolute Gasteiger partial charge is 0.257 e. The number of benzene rings is 1. The van der Waals surface area contributed by atoms with E-state index in [1.807, 2.05) is 29.5 Å². The quantitative estimate of drug-likeness (QED) is 0.477. The van der Waals surface area contributed by atoms with Gasteiger partial charge in [-0.3, -0.25) is 4.79 Å². The number of aromatic nitrogens is 3. The van der Waals surface area contributed by atoms with Crippen LogP contribution in [0, 0.1) is 12.8 Å². The summed E-state index contributed by atoms with van der Waals surface area (Å²) in [5, 5.41) is 6.56. The molecule has 0 unspecified atom stereocenters. The number of fused-ring (bicyclic) bond motifs is 1. The highest BCUT2D eigenvalue weighted by Gasteiger charge is 2.26. The van der Waals surface area contributed by atoms with Gasteiger partial charge in [0, 0.05) is 24.2 Å². The molecular formula is C24H24N4OS. The molecule has 5 nitrogen and oxygen atoms in total. The number of hydrogen-bond donors (Lipinski definition) is 0. The molecular weight excluding hydrogens is 392 g/mol. The minimum Gasteiger partial charge on any atom is -0.339 e. The molecule has 0 aliphatic carbocycles. The van der Waals surface area contributed by atoms with Crippen molar-refractivity contribution in [3.8, 4) is 10.4 Å². The Bertz CT molecular complexity index is 1160. The van der Waals surface area contributed by atoms with E-state index in [-0.39, 0.29) is 5.91 Å². The van der Waals surface area contributed by atoms with E-state index in [1.165, 1.54) is 5.56 Å². The highest BCUT2D eigenvalue weighted by atomic mass is 32.1. The van der Waals surface area contributed by atoms with Crippen molar-refractivity contribution in [1.82, 2.24) is 19.5 Å². The lowest BCUT2D eigenvalue weighted by molar-refractivity contribution is 0.0688. The summed E-state index contributed by atoms with van der Waals surface area (Å²) in [7, 11) is 0. The lowest BCUT2D eigenvalue weighted by atomic mass is 9.90. The van der Waals surface area contributed by atoms with Crippen molar-refractivity contribution in [3.05, 3.63) is 77.1 Å². The summed E-state index contributed by atoms with van der Waals surface area (Å²) in [5.41, 5.74) is 4.68. The molecule has 0 radical (unpaired) electrons. The van der Waals surface area contributed by atoms with Gasteiger partial charge in [-0.1, -0.05) is 36.4 Å². The summed E-state index contributed by atoms with van der Waals surface area (Å²) >= 11 is 1.67. The van der Waals surface area contributed by atoms with Crippen molar-refractivity contribution in [2.45, 2.75) is 26.2 Å². The molecule has 0 bridgehead atoms. The number of likely N-dealkylation sites (tertiary alicyclic amines) is 1. The summed E-state index contributed by atoms with van der Waals surface area (Å²) in [5.74, 6) is 0.700. The van der Waals surface area contributed by atoms with Gasteiger partial charge in [-0.05, 0) is 49.1 Å². The molecule has 0 spiro atoms. The molecule has 3 aromatic heterocycles. The van der Waals surface area contributed by atoms with Crippen molar-refractivity contribution in [1.29, 1.82) is 0 Å². The first-order chi connectivity index (χ1) is 14.7. The van der Waals surface area contributed by atoms with Crippen LogP contribution in [0.25, 0.3) is 16.1 Å². The second-order valence-corrected chi connectivity index (χ2v) is 8.90. The van der Waals surface area contributed by atoms with Crippen LogP contribution in [-0.2, 0) is 6.42 Å². The van der Waals surface area contributed by atoms with Gasteiger partial charge in [0.1, 0.15) is 0 Å². The van der Waals surface area contributed by atoms with Crippen LogP contribution < -0.4 is 0 Å². The maximum absolute atomic E-state index is 13.2. The Morgan fingerprint density at radius 3 is 2.63 bits per heavy atom. The summed E-state index contributed by atoms with van der Waals surface area (Å²) in [6.45, 7) is 3.55. The fourth-order valence-corrected chi connectivity index (χ4v) is 5.05. The number of thiophene rings is 1. The Labute approximate surface area is 180 Å². The van der Waals surface area contributed by atoms with Crippen LogP contribution in [0.2, 0.25) is 0 Å². The van der Waals surface area contributed by atoms with Gasteiger partial charge in [-0.15, -0.1) is 11.3 Å². The lowest BCUT2D eigenvalue weighted by Crippen LogP contribution is -2.39. The highest BCUT2D eigenvalue weighted by Crippen LogP contribution is 2.29. The topological polar surface area (TPSA) is 50.5 Å². The van der Waals surface area contributed by atoms with Gasteiger partial charge in [0.2, 0.25) is 0 Å². The predicted molar refractivity (Wildman–Crippen MR) is 120 cm³/mol. The van der Waals surface area contributed by atoms with E-state index >= 15 is 0 Å². The van der Waals surface area contributed by atoms with Crippen molar-refractivity contribution >= 4 is 22.9 Å². The number of hydrogen-bond acceptors (Lipinski definition) is 4. The van der Waals surface area contributed by atoms with E-state index in [1.54, 1.807) is 22.0 Å². The molecule has 0 N–H and O–H groups in total. The average molecular weight is 417 g/mol. The fraction of sp³-hybridized carbons (Fsp3) is 0.292. The Balaban J connectivity index is 1.31. The second-order valence-electron chi connectivity index (χ2n) is 7.95. The maximum atomic E-state index is 13.2. The van der Waals surface area contributed by atoms with Crippen molar-refractivity contribution in [2.75, 3.05) is 13.1 Å². The number of carbonyl (C=O) groups is 1. The fourth-order valence-electron chi connectivity index (χ4n) is 4.32. The van der Waals surface area contributed by atoms with E-state index in [0.717, 1.165) is 54.1 Å². The third-order valence-electron chi connectivity index (χ3n) is 6.05. The van der Waals surface area contributed by atoms with Gasteiger partial charge in [0.25, 0.3) is 5.91 Å². The van der Waals surface area contributed by atoms with E-state index in [4.69, 9.17) is 0 Å². The van der Waals surface area contributed by atoms with Crippen molar-refractivity contribution < 1.29 is 4.79 Å². The second kappa shape index (κ2) is 8.03. The predicted octanol–water partition coefficient (Wildman–Crippen LogP) is 4.86. The van der Waals surface area contributed by atoms with Gasteiger partial charge in [0.05, 0.1) is 23.0 Å². The zero-order chi connectivity index (χ0) is 20.5. The normalized spacial score (nSPS) is 15.0. The van der Waals surface area contributed by atoms with Crippen LogP contribution in [0.15, 0.2) is 60.2 Å². The molecule has 0 saturated carbocycles. The molecule has 152 valence electrons. The first kappa shape index (κ1) is 19.0. The third kappa shape index (κ3) is 3.52. The zero-order valence-corrected chi connectivity index (χ0v) is 17.8. The molecule has 1 aromatic carbocycles. The third-order valence-corrected chi connectivity index (χ3v) is 6.96. The first-order valence-electron chi connectivity index (χ1n) is 10.4. The summed E-state index contributed by atoms with van der Waals surface area (Å²) in [4.78, 5) is 20.9. The van der Waals surface area contributed by atoms with Gasteiger partial charge in [-0.25, -0.2) is 9.50 Å². The maximum Gasteiger partial charge on any atom is 0.257 e. The molecule has 1 aliphatic rings. The molecule has 4 heterocycles. The zero-order valence-electron chi connectivity index (χ0n) is 17.0. The monoisotopic (exact) mass is 416 g/mol. The molecule has 6 heteroatoms. The summed E-state index contributed by atoms with van der Waals surface area (Å²) < 4.78 is 1.80. The van der Waals surface area contributed by atoms with E-state index in [2.05, 4.69) is 46.5 Å². The minimum absolute atomic E-state index is 0.0632. The first-order valence-corrected chi connectivity index (χ1v) is 11.3. The Hall–Kier alpha value is -2.99. The molecule has 4 aromatic rings. The number of nitrogens with zero attached hydrogens (tertiary/aromatic N) is 4. The average Bonchev–Trinajstić information content (AvgIpc) is 3.45. The number of amides is 1. The van der Waals surface area contributed by atoms with Crippen LogP contribution in [0.1, 0.15) is 34.5 Å². The van der Waals surface area contributed by atoms with Crippen LogP contribution in [-0.4, -0.2) is 38.5 Å². The summed E-state index contributed by atoms with van der Waals surface area (Å²) in [6, 6.07) is 14.7. The number of piperidine rings is 1. The van der Waals surface area contributed by atoms with Crippen LogP contribution in [0.3, 0.4) is 0 Å². The van der Waals surface area contributed by atoms with Gasteiger partial charge < -0.3 is 4.90 Å². The minimum atomic E-state index is 0.0632. The molecule has 5 rings (SSSR count). The van der Waals surface area contributed by atoms with Gasteiger partial charge in [-0.2, -0.15) is 5.10 Å². The van der Waals surface area contributed by atoms with Crippen LogP contribution in [0.4, 0.5) is 0 Å². The Morgan fingerprint density at radius 1 is 1.10 bits per heavy atom. The van der Waals surface area contributed by atoms with Crippen molar-refractivity contribution in [2.24, 2.45) is 5.92 Å². The number of aryl methyl sites for hydroxylation is 1. The largest absolute Gasteiger partial charge is 0.339 e. The van der Waals surface area contributed by atoms with E-state index < -0.39 is 0 Å². The number of carbonyl (C=O) groups excluding carboxylic acids is 1.